The molecule has 1 nitrogen and oxygen atoms in total. The van der Waals surface area contributed by atoms with Crippen LogP contribution < -0.4 is 0 Å². The molecule has 0 amide bonds. The number of ketones is 1. The summed E-state index contributed by atoms with van der Waals surface area (Å²) < 4.78 is 0. The quantitative estimate of drug-likeness (QED) is 0.717. The third-order valence-electron chi connectivity index (χ3n) is 2.62. The molecule has 0 bridgehead atoms. The van der Waals surface area contributed by atoms with Crippen molar-refractivity contribution >= 4 is 5.78 Å². The number of rotatable bonds is 5. The van der Waals surface area contributed by atoms with Gasteiger partial charge in [0, 0.05) is 12.3 Å². The first-order valence-corrected chi connectivity index (χ1v) is 5.68. The number of benzene rings is 1. The molecule has 0 fully saturated rings. The number of hydrogen-bond acceptors (Lipinski definition) is 1. The van der Waals surface area contributed by atoms with Crippen molar-refractivity contribution in [2.45, 2.75) is 40.0 Å². The van der Waals surface area contributed by atoms with E-state index in [-0.39, 0.29) is 5.92 Å². The van der Waals surface area contributed by atoms with Gasteiger partial charge < -0.3 is 0 Å². The average Bonchev–Trinajstić information content (AvgIpc) is 2.17. The van der Waals surface area contributed by atoms with Crippen LogP contribution in [0.3, 0.4) is 0 Å². The van der Waals surface area contributed by atoms with Crippen molar-refractivity contribution < 1.29 is 4.79 Å². The van der Waals surface area contributed by atoms with Gasteiger partial charge in [0.25, 0.3) is 0 Å². The Labute approximate surface area is 92.5 Å². The minimum atomic E-state index is 0.183. The van der Waals surface area contributed by atoms with Gasteiger partial charge in [-0.25, -0.2) is 0 Å². The maximum absolute atomic E-state index is 11.4. The lowest BCUT2D eigenvalue weighted by atomic mass is 10.0. The smallest absolute Gasteiger partial charge is 0.135 e. The van der Waals surface area contributed by atoms with Crippen molar-refractivity contribution in [3.63, 3.8) is 0 Å². The maximum Gasteiger partial charge on any atom is 0.135 e. The first kappa shape index (κ1) is 12.0. The highest BCUT2D eigenvalue weighted by molar-refractivity contribution is 5.80. The Morgan fingerprint density at radius 2 is 2.07 bits per heavy atom. The van der Waals surface area contributed by atoms with Crippen LogP contribution >= 0.6 is 0 Å². The lowest BCUT2D eigenvalue weighted by Crippen LogP contribution is -2.06. The molecule has 0 unspecified atom stereocenters. The van der Waals surface area contributed by atoms with Crippen LogP contribution in [0.5, 0.6) is 0 Å². The molecule has 0 spiro atoms. The molecular weight excluding hydrogens is 184 g/mol. The van der Waals surface area contributed by atoms with E-state index >= 15 is 0 Å². The van der Waals surface area contributed by atoms with E-state index < -0.39 is 0 Å². The molecule has 0 aliphatic carbocycles. The van der Waals surface area contributed by atoms with Crippen molar-refractivity contribution in [2.75, 3.05) is 0 Å². The van der Waals surface area contributed by atoms with E-state index in [2.05, 4.69) is 31.2 Å². The minimum Gasteiger partial charge on any atom is -0.299 e. The Balaban J connectivity index is 2.35. The summed E-state index contributed by atoms with van der Waals surface area (Å²) in [5.74, 6) is 0.560. The first-order valence-electron chi connectivity index (χ1n) is 5.68. The van der Waals surface area contributed by atoms with Crippen LogP contribution in [0.25, 0.3) is 0 Å². The Hall–Kier alpha value is -1.11. The summed E-state index contributed by atoms with van der Waals surface area (Å²) in [7, 11) is 0. The van der Waals surface area contributed by atoms with Gasteiger partial charge in [0.15, 0.2) is 0 Å². The van der Waals surface area contributed by atoms with Crippen LogP contribution in [0.2, 0.25) is 0 Å². The fourth-order valence-corrected chi connectivity index (χ4v) is 1.62. The summed E-state index contributed by atoms with van der Waals surface area (Å²) in [5, 5.41) is 0. The molecular formula is C14H20O. The highest BCUT2D eigenvalue weighted by Gasteiger charge is 2.06. The molecule has 15 heavy (non-hydrogen) atoms. The van der Waals surface area contributed by atoms with Crippen molar-refractivity contribution in [2.24, 2.45) is 5.92 Å². The largest absolute Gasteiger partial charge is 0.299 e. The molecule has 1 aromatic carbocycles. The summed E-state index contributed by atoms with van der Waals surface area (Å²) in [6.07, 6.45) is 2.70. The Bertz CT molecular complexity index is 326. The number of Topliss-reactive ketones (excluding diaryl/α,β-unsaturated/α-hetero) is 1. The molecule has 0 radical (unpaired) electrons. The molecule has 0 atom stereocenters. The molecule has 0 aliphatic rings. The second-order valence-electron chi connectivity index (χ2n) is 4.46. The zero-order valence-electron chi connectivity index (χ0n) is 9.92. The SMILES string of the molecule is Cc1cccc(CCCC(=O)C(C)C)c1. The fraction of sp³-hybridized carbons (Fsp3) is 0.500. The first-order chi connectivity index (χ1) is 7.09. The van der Waals surface area contributed by atoms with Gasteiger partial charge in [-0.3, -0.25) is 4.79 Å². The van der Waals surface area contributed by atoms with Crippen molar-refractivity contribution in [1.29, 1.82) is 0 Å². The van der Waals surface area contributed by atoms with Gasteiger partial charge in [0.1, 0.15) is 5.78 Å². The summed E-state index contributed by atoms with van der Waals surface area (Å²) in [6.45, 7) is 6.03. The van der Waals surface area contributed by atoms with Crippen LogP contribution in [0.1, 0.15) is 37.8 Å². The fourth-order valence-electron chi connectivity index (χ4n) is 1.62. The third-order valence-corrected chi connectivity index (χ3v) is 2.62. The van der Waals surface area contributed by atoms with E-state index in [0.717, 1.165) is 12.8 Å². The molecule has 1 aromatic rings. The molecule has 0 saturated carbocycles. The van der Waals surface area contributed by atoms with Crippen LogP contribution in [-0.2, 0) is 11.2 Å². The van der Waals surface area contributed by atoms with Crippen molar-refractivity contribution in [3.05, 3.63) is 35.4 Å². The van der Waals surface area contributed by atoms with Gasteiger partial charge in [-0.2, -0.15) is 0 Å². The van der Waals surface area contributed by atoms with E-state index in [1.165, 1.54) is 11.1 Å². The van der Waals surface area contributed by atoms with Crippen LogP contribution in [-0.4, -0.2) is 5.78 Å². The third kappa shape index (κ3) is 4.28. The molecule has 0 aromatic heterocycles. The lowest BCUT2D eigenvalue weighted by Gasteiger charge is -2.04. The highest BCUT2D eigenvalue weighted by Crippen LogP contribution is 2.09. The maximum atomic E-state index is 11.4. The Morgan fingerprint density at radius 3 is 2.67 bits per heavy atom. The van der Waals surface area contributed by atoms with Crippen LogP contribution in [0.4, 0.5) is 0 Å². The normalized spacial score (nSPS) is 10.7. The molecule has 82 valence electrons. The molecule has 0 heterocycles. The predicted molar refractivity (Wildman–Crippen MR) is 64.0 cm³/mol. The monoisotopic (exact) mass is 204 g/mol. The average molecular weight is 204 g/mol. The summed E-state index contributed by atoms with van der Waals surface area (Å²) in [4.78, 5) is 11.4. The minimum absolute atomic E-state index is 0.183. The number of carbonyl (C=O) groups is 1. The zero-order valence-corrected chi connectivity index (χ0v) is 9.92. The van der Waals surface area contributed by atoms with Crippen LogP contribution in [0, 0.1) is 12.8 Å². The van der Waals surface area contributed by atoms with Gasteiger partial charge in [-0.1, -0.05) is 43.7 Å². The number of aryl methyl sites for hydroxylation is 2. The molecule has 0 N–H and O–H groups in total. The van der Waals surface area contributed by atoms with E-state index in [1.54, 1.807) is 0 Å². The van der Waals surface area contributed by atoms with Crippen LogP contribution in [0.15, 0.2) is 24.3 Å². The standard InChI is InChI=1S/C14H20O/c1-11(2)14(15)9-5-8-13-7-4-6-12(3)10-13/h4,6-7,10-11H,5,8-9H2,1-3H3. The molecule has 0 saturated heterocycles. The Kier molecular flexibility index (Phi) is 4.54. The summed E-state index contributed by atoms with van der Waals surface area (Å²) >= 11 is 0. The second-order valence-corrected chi connectivity index (χ2v) is 4.46. The topological polar surface area (TPSA) is 17.1 Å². The lowest BCUT2D eigenvalue weighted by molar-refractivity contribution is -0.121. The van der Waals surface area contributed by atoms with Crippen molar-refractivity contribution in [3.8, 4) is 0 Å². The van der Waals surface area contributed by atoms with Gasteiger partial charge in [-0.15, -0.1) is 0 Å². The van der Waals surface area contributed by atoms with Crippen molar-refractivity contribution in [1.82, 2.24) is 0 Å². The number of carbonyl (C=O) groups excluding carboxylic acids is 1. The van der Waals surface area contributed by atoms with Gasteiger partial charge >= 0.3 is 0 Å². The van der Waals surface area contributed by atoms with E-state index in [1.807, 2.05) is 13.8 Å². The predicted octanol–water partition coefficient (Wildman–Crippen LogP) is 3.54. The summed E-state index contributed by atoms with van der Waals surface area (Å²) in [6, 6.07) is 8.50. The molecule has 1 rings (SSSR count). The Morgan fingerprint density at radius 1 is 1.33 bits per heavy atom. The highest BCUT2D eigenvalue weighted by atomic mass is 16.1. The van der Waals surface area contributed by atoms with Gasteiger partial charge in [-0.05, 0) is 25.3 Å². The summed E-state index contributed by atoms with van der Waals surface area (Å²) in [5.41, 5.74) is 2.63. The second kappa shape index (κ2) is 5.69. The van der Waals surface area contributed by atoms with E-state index in [9.17, 15) is 4.79 Å². The van der Waals surface area contributed by atoms with Gasteiger partial charge in [0.2, 0.25) is 0 Å². The molecule has 1 heteroatoms. The molecule has 0 aliphatic heterocycles. The van der Waals surface area contributed by atoms with E-state index in [4.69, 9.17) is 0 Å². The van der Waals surface area contributed by atoms with E-state index in [0.29, 0.717) is 12.2 Å². The number of hydrogen-bond donors (Lipinski definition) is 0. The zero-order chi connectivity index (χ0) is 11.3. The van der Waals surface area contributed by atoms with Gasteiger partial charge in [0.05, 0.1) is 0 Å².